The van der Waals surface area contributed by atoms with E-state index in [4.69, 9.17) is 11.6 Å². The molecule has 1 N–H and O–H groups in total. The van der Waals surface area contributed by atoms with Gasteiger partial charge >= 0.3 is 12.2 Å². The van der Waals surface area contributed by atoms with Gasteiger partial charge in [-0.25, -0.2) is 0 Å². The number of rotatable bonds is 3. The zero-order valence-corrected chi connectivity index (χ0v) is 12.8. The van der Waals surface area contributed by atoms with Gasteiger partial charge < -0.3 is 19.7 Å². The van der Waals surface area contributed by atoms with E-state index in [-0.39, 0.29) is 5.02 Å². The van der Waals surface area contributed by atoms with Crippen molar-refractivity contribution in [2.45, 2.75) is 18.6 Å². The van der Waals surface area contributed by atoms with Gasteiger partial charge in [0.1, 0.15) is 0 Å². The second-order valence-electron chi connectivity index (χ2n) is 5.47. The van der Waals surface area contributed by atoms with Crippen LogP contribution in [0.25, 0.3) is 0 Å². The highest BCUT2D eigenvalue weighted by molar-refractivity contribution is 6.31. The maximum atomic E-state index is 13.2. The summed E-state index contributed by atoms with van der Waals surface area (Å²) in [5.74, 6) is -0.919. The van der Waals surface area contributed by atoms with Crippen molar-refractivity contribution in [1.82, 2.24) is 10.2 Å². The van der Waals surface area contributed by atoms with Gasteiger partial charge in [0.25, 0.3) is 0 Å². The van der Waals surface area contributed by atoms with Crippen LogP contribution < -0.4 is 14.8 Å². The first kappa shape index (κ1) is 16.6. The first-order chi connectivity index (χ1) is 10.8. The summed E-state index contributed by atoms with van der Waals surface area (Å²) >= 11 is 6.04. The topological polar surface area (TPSA) is 33.7 Å². The van der Waals surface area contributed by atoms with E-state index >= 15 is 0 Å². The summed E-state index contributed by atoms with van der Waals surface area (Å²) in [6.07, 6.45) is -8.95. The lowest BCUT2D eigenvalue weighted by molar-refractivity contribution is -0.391. The molecular weight excluding hydrogens is 340 g/mol. The molecule has 0 saturated carbocycles. The van der Waals surface area contributed by atoms with Crippen LogP contribution in [0.1, 0.15) is 5.56 Å². The Hall–Kier alpha value is -1.25. The fourth-order valence-electron chi connectivity index (χ4n) is 2.54. The molecule has 9 heteroatoms. The molecule has 4 nitrogen and oxygen atoms in total. The molecule has 1 saturated heterocycles. The van der Waals surface area contributed by atoms with Crippen LogP contribution >= 0.6 is 11.6 Å². The summed E-state index contributed by atoms with van der Waals surface area (Å²) < 4.78 is 60.9. The SMILES string of the molecule is FC1(F)Oc2cc(Cl)c(CCN3CCNCC3)cc2OC1(F)F. The molecule has 2 heterocycles. The summed E-state index contributed by atoms with van der Waals surface area (Å²) in [7, 11) is 0. The van der Waals surface area contributed by atoms with Gasteiger partial charge in [-0.2, -0.15) is 17.6 Å². The number of hydrogen-bond donors (Lipinski definition) is 1. The lowest BCUT2D eigenvalue weighted by Gasteiger charge is -2.32. The molecule has 0 spiro atoms. The molecule has 128 valence electrons. The molecule has 0 radical (unpaired) electrons. The van der Waals surface area contributed by atoms with E-state index in [1.807, 2.05) is 0 Å². The van der Waals surface area contributed by atoms with E-state index in [1.54, 1.807) is 0 Å². The van der Waals surface area contributed by atoms with E-state index in [0.717, 1.165) is 32.2 Å². The molecule has 0 bridgehead atoms. The lowest BCUT2D eigenvalue weighted by atomic mass is 10.1. The highest BCUT2D eigenvalue weighted by Crippen LogP contribution is 2.48. The molecular formula is C14H15ClF4N2O2. The minimum Gasteiger partial charge on any atom is -0.421 e. The number of piperazine rings is 1. The zero-order chi connectivity index (χ0) is 16.7. The van der Waals surface area contributed by atoms with Crippen LogP contribution in [-0.2, 0) is 6.42 Å². The molecule has 2 aliphatic heterocycles. The normalized spacial score (nSPS) is 22.8. The van der Waals surface area contributed by atoms with Gasteiger partial charge in [0.15, 0.2) is 11.5 Å². The van der Waals surface area contributed by atoms with Crippen molar-refractivity contribution in [3.05, 3.63) is 22.7 Å². The van der Waals surface area contributed by atoms with Crippen LogP contribution in [0.5, 0.6) is 11.5 Å². The fourth-order valence-corrected chi connectivity index (χ4v) is 2.78. The van der Waals surface area contributed by atoms with Crippen molar-refractivity contribution in [2.24, 2.45) is 0 Å². The average molecular weight is 355 g/mol. The van der Waals surface area contributed by atoms with Crippen molar-refractivity contribution >= 4 is 11.6 Å². The Morgan fingerprint density at radius 1 is 1.04 bits per heavy atom. The lowest BCUT2D eigenvalue weighted by Crippen LogP contribution is -2.52. The number of nitrogens with zero attached hydrogens (tertiary/aromatic N) is 1. The average Bonchev–Trinajstić information content (AvgIpc) is 2.48. The molecule has 0 aliphatic carbocycles. The monoisotopic (exact) mass is 354 g/mol. The van der Waals surface area contributed by atoms with Gasteiger partial charge in [-0.3, -0.25) is 0 Å². The van der Waals surface area contributed by atoms with Gasteiger partial charge in [-0.05, 0) is 18.1 Å². The Morgan fingerprint density at radius 3 is 2.22 bits per heavy atom. The summed E-state index contributed by atoms with van der Waals surface area (Å²) in [6, 6.07) is 2.33. The third kappa shape index (κ3) is 3.34. The van der Waals surface area contributed by atoms with Gasteiger partial charge in [0, 0.05) is 43.8 Å². The van der Waals surface area contributed by atoms with E-state index in [9.17, 15) is 17.6 Å². The molecule has 23 heavy (non-hydrogen) atoms. The minimum atomic E-state index is -4.73. The molecule has 1 aromatic rings. The smallest absolute Gasteiger partial charge is 0.421 e. The van der Waals surface area contributed by atoms with Gasteiger partial charge in [0.2, 0.25) is 0 Å². The Balaban J connectivity index is 1.76. The van der Waals surface area contributed by atoms with Crippen LogP contribution in [0.3, 0.4) is 0 Å². The Morgan fingerprint density at radius 2 is 1.61 bits per heavy atom. The zero-order valence-electron chi connectivity index (χ0n) is 12.1. The number of nitrogens with one attached hydrogen (secondary N) is 1. The molecule has 3 rings (SSSR count). The molecule has 0 amide bonds. The van der Waals surface area contributed by atoms with Crippen LogP contribution in [0, 0.1) is 0 Å². The Labute approximate surface area is 135 Å². The van der Waals surface area contributed by atoms with Crippen molar-refractivity contribution in [2.75, 3.05) is 32.7 Å². The summed E-state index contributed by atoms with van der Waals surface area (Å²) in [5.41, 5.74) is 0.550. The maximum Gasteiger partial charge on any atom is 0.507 e. The first-order valence-corrected chi connectivity index (χ1v) is 7.55. The van der Waals surface area contributed by atoms with E-state index in [2.05, 4.69) is 19.7 Å². The Kier molecular flexibility index (Phi) is 4.33. The second-order valence-corrected chi connectivity index (χ2v) is 5.88. The largest absolute Gasteiger partial charge is 0.507 e. The van der Waals surface area contributed by atoms with E-state index in [0.29, 0.717) is 18.5 Å². The van der Waals surface area contributed by atoms with Crippen molar-refractivity contribution in [3.63, 3.8) is 0 Å². The van der Waals surface area contributed by atoms with E-state index < -0.39 is 23.7 Å². The molecule has 1 fully saturated rings. The van der Waals surface area contributed by atoms with Gasteiger partial charge in [-0.15, -0.1) is 0 Å². The Bertz CT molecular complexity index is 594. The highest BCUT2D eigenvalue weighted by atomic mass is 35.5. The number of halogens is 5. The van der Waals surface area contributed by atoms with Crippen LogP contribution in [0.4, 0.5) is 17.6 Å². The summed E-state index contributed by atoms with van der Waals surface area (Å²) in [4.78, 5) is 2.20. The molecule has 0 unspecified atom stereocenters. The number of benzene rings is 1. The van der Waals surface area contributed by atoms with Crippen LogP contribution in [0.2, 0.25) is 5.02 Å². The maximum absolute atomic E-state index is 13.2. The first-order valence-electron chi connectivity index (χ1n) is 7.18. The number of hydrogen-bond acceptors (Lipinski definition) is 4. The third-order valence-electron chi connectivity index (χ3n) is 3.83. The predicted octanol–water partition coefficient (Wildman–Crippen LogP) is 2.74. The van der Waals surface area contributed by atoms with E-state index in [1.165, 1.54) is 6.07 Å². The van der Waals surface area contributed by atoms with Gasteiger partial charge in [0.05, 0.1) is 0 Å². The third-order valence-corrected chi connectivity index (χ3v) is 4.19. The molecule has 0 atom stereocenters. The summed E-state index contributed by atoms with van der Waals surface area (Å²) in [6.45, 7) is 4.22. The predicted molar refractivity (Wildman–Crippen MR) is 75.6 cm³/mol. The van der Waals surface area contributed by atoms with Crippen molar-refractivity contribution < 1.29 is 27.0 Å². The molecule has 1 aromatic carbocycles. The van der Waals surface area contributed by atoms with Gasteiger partial charge in [-0.1, -0.05) is 11.6 Å². The van der Waals surface area contributed by atoms with Crippen molar-refractivity contribution in [1.29, 1.82) is 0 Å². The fraction of sp³-hybridized carbons (Fsp3) is 0.571. The second kappa shape index (κ2) is 5.99. The standard InChI is InChI=1S/C14H15ClF4N2O2/c15-10-8-12-11(22-13(16,17)14(18,19)23-12)7-9(10)1-4-21-5-2-20-3-6-21/h7-8,20H,1-6H2. The minimum absolute atomic E-state index is 0.184. The number of alkyl halides is 4. The van der Waals surface area contributed by atoms with Crippen LogP contribution in [-0.4, -0.2) is 49.8 Å². The highest BCUT2D eigenvalue weighted by Gasteiger charge is 2.66. The summed E-state index contributed by atoms with van der Waals surface area (Å²) in [5, 5.41) is 3.41. The molecule has 0 aromatic heterocycles. The van der Waals surface area contributed by atoms with Crippen molar-refractivity contribution in [3.8, 4) is 11.5 Å². The van der Waals surface area contributed by atoms with Crippen LogP contribution in [0.15, 0.2) is 12.1 Å². The molecule has 2 aliphatic rings. The quantitative estimate of drug-likeness (QED) is 0.846. The number of fused-ring (bicyclic) bond motifs is 1. The number of ether oxygens (including phenoxy) is 2.